The van der Waals surface area contributed by atoms with Gasteiger partial charge in [0.2, 0.25) is 0 Å². The van der Waals surface area contributed by atoms with E-state index in [4.69, 9.17) is 9.05 Å². The predicted molar refractivity (Wildman–Crippen MR) is 86.1 cm³/mol. The second-order valence-electron chi connectivity index (χ2n) is 5.65. The van der Waals surface area contributed by atoms with Crippen LogP contribution in [0.15, 0.2) is 0 Å². The quantitative estimate of drug-likeness (QED) is 0.363. The highest BCUT2D eigenvalue weighted by Crippen LogP contribution is 2.28. The first-order valence-corrected chi connectivity index (χ1v) is 9.50. The summed E-state index contributed by atoms with van der Waals surface area (Å²) in [7, 11) is -1.94. The van der Waals surface area contributed by atoms with E-state index >= 15 is 0 Å². The molecule has 0 aliphatic carbocycles. The lowest BCUT2D eigenvalue weighted by molar-refractivity contribution is 0.167. The standard InChI is InChI=1S/C16H34O3P/c1-5-9-11-15(7-3)13-18-20(17)19-14-16(8-4)12-10-6-2/h15-16H,5-14H2,1-4H3/q+1/t15-,16-/m0/s1. The van der Waals surface area contributed by atoms with Crippen LogP contribution in [0.5, 0.6) is 0 Å². The Kier molecular flexibility index (Phi) is 14.0. The Bertz CT molecular complexity index is 212. The van der Waals surface area contributed by atoms with E-state index in [1.165, 1.54) is 25.7 Å². The van der Waals surface area contributed by atoms with E-state index in [0.717, 1.165) is 25.7 Å². The average molecular weight is 305 g/mol. The Morgan fingerprint density at radius 3 is 1.50 bits per heavy atom. The van der Waals surface area contributed by atoms with Gasteiger partial charge in [0.25, 0.3) is 0 Å². The van der Waals surface area contributed by atoms with Crippen molar-refractivity contribution in [3.8, 4) is 0 Å². The fourth-order valence-corrected chi connectivity index (χ4v) is 2.91. The van der Waals surface area contributed by atoms with Crippen molar-refractivity contribution in [2.75, 3.05) is 13.2 Å². The minimum absolute atomic E-state index is 0.513. The molecule has 0 bridgehead atoms. The summed E-state index contributed by atoms with van der Waals surface area (Å²) in [5, 5.41) is 0. The molecule has 20 heavy (non-hydrogen) atoms. The smallest absolute Gasteiger partial charge is 0.119 e. The van der Waals surface area contributed by atoms with Crippen LogP contribution >= 0.6 is 8.25 Å². The predicted octanol–water partition coefficient (Wildman–Crippen LogP) is 6.11. The Labute approximate surface area is 126 Å². The summed E-state index contributed by atoms with van der Waals surface area (Å²) in [5.74, 6) is 1.03. The van der Waals surface area contributed by atoms with Crippen molar-refractivity contribution in [1.29, 1.82) is 0 Å². The minimum atomic E-state index is -1.94. The van der Waals surface area contributed by atoms with Gasteiger partial charge in [0, 0.05) is 4.57 Å². The summed E-state index contributed by atoms with van der Waals surface area (Å²) in [5.41, 5.74) is 0. The molecule has 4 heteroatoms. The van der Waals surface area contributed by atoms with Gasteiger partial charge in [-0.05, 0) is 24.7 Å². The molecule has 0 heterocycles. The molecule has 0 aromatic heterocycles. The largest absolute Gasteiger partial charge is 0.697 e. The lowest BCUT2D eigenvalue weighted by Crippen LogP contribution is -2.08. The molecular formula is C16H34O3P+. The molecule has 0 spiro atoms. The normalized spacial score (nSPS) is 14.2. The summed E-state index contributed by atoms with van der Waals surface area (Å²) in [4.78, 5) is 0. The van der Waals surface area contributed by atoms with Crippen molar-refractivity contribution >= 4 is 8.25 Å². The first-order chi connectivity index (χ1) is 9.67. The van der Waals surface area contributed by atoms with Crippen LogP contribution in [0.25, 0.3) is 0 Å². The van der Waals surface area contributed by atoms with Crippen molar-refractivity contribution in [1.82, 2.24) is 0 Å². The zero-order valence-corrected chi connectivity index (χ0v) is 14.8. The molecule has 2 atom stereocenters. The third kappa shape index (κ3) is 10.8. The highest BCUT2D eigenvalue weighted by molar-refractivity contribution is 7.33. The monoisotopic (exact) mass is 305 g/mol. The van der Waals surface area contributed by atoms with Gasteiger partial charge >= 0.3 is 8.25 Å². The maximum Gasteiger partial charge on any atom is 0.697 e. The number of hydrogen-bond acceptors (Lipinski definition) is 3. The highest BCUT2D eigenvalue weighted by atomic mass is 31.1. The number of unbranched alkanes of at least 4 members (excludes halogenated alkanes) is 2. The van der Waals surface area contributed by atoms with Crippen LogP contribution in [0.2, 0.25) is 0 Å². The minimum Gasteiger partial charge on any atom is -0.119 e. The third-order valence-corrected chi connectivity index (χ3v) is 4.64. The van der Waals surface area contributed by atoms with Crippen molar-refractivity contribution in [2.45, 2.75) is 79.1 Å². The van der Waals surface area contributed by atoms with E-state index in [-0.39, 0.29) is 0 Å². The van der Waals surface area contributed by atoms with E-state index in [1.54, 1.807) is 0 Å². The number of rotatable bonds is 14. The van der Waals surface area contributed by atoms with Crippen LogP contribution < -0.4 is 0 Å². The van der Waals surface area contributed by atoms with E-state index in [1.807, 2.05) is 0 Å². The second kappa shape index (κ2) is 14.0. The molecule has 0 unspecified atom stereocenters. The zero-order valence-electron chi connectivity index (χ0n) is 13.9. The highest BCUT2D eigenvalue weighted by Gasteiger charge is 2.24. The number of hydrogen-bond donors (Lipinski definition) is 0. The fraction of sp³-hybridized carbons (Fsp3) is 1.00. The maximum absolute atomic E-state index is 11.7. The van der Waals surface area contributed by atoms with Gasteiger partial charge in [-0.1, -0.05) is 66.2 Å². The van der Waals surface area contributed by atoms with E-state index in [9.17, 15) is 4.57 Å². The van der Waals surface area contributed by atoms with Gasteiger partial charge in [-0.3, -0.25) is 0 Å². The summed E-state index contributed by atoms with van der Waals surface area (Å²) in [6.07, 6.45) is 9.31. The Balaban J connectivity index is 3.80. The molecule has 0 N–H and O–H groups in total. The first-order valence-electron chi connectivity index (χ1n) is 8.40. The summed E-state index contributed by atoms with van der Waals surface area (Å²) in [6, 6.07) is 0. The molecule has 0 rings (SSSR count). The Hall–Kier alpha value is 0.0200. The Morgan fingerprint density at radius 1 is 0.800 bits per heavy atom. The van der Waals surface area contributed by atoms with Gasteiger partial charge in [0.1, 0.15) is 13.2 Å². The molecule has 0 fully saturated rings. The molecule has 120 valence electrons. The van der Waals surface area contributed by atoms with Crippen LogP contribution in [-0.2, 0) is 13.6 Å². The van der Waals surface area contributed by atoms with E-state index in [2.05, 4.69) is 27.7 Å². The lowest BCUT2D eigenvalue weighted by atomic mass is 10.0. The van der Waals surface area contributed by atoms with Crippen LogP contribution in [0.4, 0.5) is 0 Å². The summed E-state index contributed by atoms with van der Waals surface area (Å²) < 4.78 is 22.5. The lowest BCUT2D eigenvalue weighted by Gasteiger charge is -2.11. The van der Waals surface area contributed by atoms with Gasteiger partial charge in [-0.25, -0.2) is 0 Å². The van der Waals surface area contributed by atoms with Crippen LogP contribution in [0, 0.1) is 11.8 Å². The van der Waals surface area contributed by atoms with Crippen LogP contribution in [0.1, 0.15) is 79.1 Å². The Morgan fingerprint density at radius 2 is 1.20 bits per heavy atom. The first kappa shape index (κ1) is 20.0. The molecule has 0 saturated heterocycles. The van der Waals surface area contributed by atoms with E-state index in [0.29, 0.717) is 25.0 Å². The molecule has 0 radical (unpaired) electrons. The molecule has 0 saturated carbocycles. The van der Waals surface area contributed by atoms with Gasteiger partial charge in [0.05, 0.1) is 0 Å². The van der Waals surface area contributed by atoms with Crippen molar-refractivity contribution in [2.24, 2.45) is 11.8 Å². The van der Waals surface area contributed by atoms with E-state index < -0.39 is 8.25 Å². The molecule has 0 aliphatic heterocycles. The molecule has 3 nitrogen and oxygen atoms in total. The second-order valence-corrected chi connectivity index (χ2v) is 6.61. The average Bonchev–Trinajstić information content (AvgIpc) is 2.47. The van der Waals surface area contributed by atoms with Crippen molar-refractivity contribution < 1.29 is 13.6 Å². The van der Waals surface area contributed by atoms with Crippen LogP contribution in [-0.4, -0.2) is 13.2 Å². The van der Waals surface area contributed by atoms with Gasteiger partial charge in [-0.15, -0.1) is 9.05 Å². The van der Waals surface area contributed by atoms with Crippen molar-refractivity contribution in [3.05, 3.63) is 0 Å². The van der Waals surface area contributed by atoms with Crippen LogP contribution in [0.3, 0.4) is 0 Å². The zero-order chi connectivity index (χ0) is 15.2. The SMILES string of the molecule is CCCC[C@H](CC)CO[P+](=O)OC[C@@H](CC)CCCC. The van der Waals surface area contributed by atoms with Gasteiger partial charge in [0.15, 0.2) is 0 Å². The topological polar surface area (TPSA) is 35.5 Å². The third-order valence-electron chi connectivity index (χ3n) is 3.92. The maximum atomic E-state index is 11.7. The van der Waals surface area contributed by atoms with Crippen molar-refractivity contribution in [3.63, 3.8) is 0 Å². The molecule has 0 aliphatic rings. The fourth-order valence-electron chi connectivity index (χ4n) is 2.17. The molecule has 0 aromatic carbocycles. The summed E-state index contributed by atoms with van der Waals surface area (Å²) in [6.45, 7) is 9.84. The molecule has 0 aromatic rings. The summed E-state index contributed by atoms with van der Waals surface area (Å²) >= 11 is 0. The van der Waals surface area contributed by atoms with Gasteiger partial charge < -0.3 is 0 Å². The molecule has 0 amide bonds. The van der Waals surface area contributed by atoms with Gasteiger partial charge in [-0.2, -0.15) is 0 Å². The molecular weight excluding hydrogens is 271 g/mol.